The molecule has 0 bridgehead atoms. The molecule has 1 aliphatic heterocycles. The molecular formula is C18H33N5. The van der Waals surface area contributed by atoms with Crippen LogP contribution < -0.4 is 10.6 Å². The molecule has 1 saturated heterocycles. The zero-order valence-electron chi connectivity index (χ0n) is 15.0. The quantitative estimate of drug-likeness (QED) is 0.570. The van der Waals surface area contributed by atoms with Gasteiger partial charge in [-0.3, -0.25) is 9.89 Å². The molecule has 0 aromatic carbocycles. The largest absolute Gasteiger partial charge is 0.357 e. The van der Waals surface area contributed by atoms with Crippen molar-refractivity contribution in [1.29, 1.82) is 0 Å². The molecule has 2 heterocycles. The normalized spacial score (nSPS) is 19.5. The first kappa shape index (κ1) is 17.9. The summed E-state index contributed by atoms with van der Waals surface area (Å²) >= 11 is 0. The zero-order valence-corrected chi connectivity index (χ0v) is 15.0. The highest BCUT2D eigenvalue weighted by Crippen LogP contribution is 2.18. The Morgan fingerprint density at radius 1 is 1.26 bits per heavy atom. The topological polar surface area (TPSA) is 44.6 Å². The molecule has 23 heavy (non-hydrogen) atoms. The summed E-state index contributed by atoms with van der Waals surface area (Å²) in [5.41, 5.74) is 0. The van der Waals surface area contributed by atoms with Crippen LogP contribution in [0.5, 0.6) is 0 Å². The highest BCUT2D eigenvalue weighted by Gasteiger charge is 2.24. The van der Waals surface area contributed by atoms with Crippen LogP contribution in [0.15, 0.2) is 29.5 Å². The maximum atomic E-state index is 4.82. The minimum Gasteiger partial charge on any atom is -0.357 e. The second kappa shape index (κ2) is 9.60. The van der Waals surface area contributed by atoms with E-state index in [-0.39, 0.29) is 0 Å². The van der Waals surface area contributed by atoms with Crippen molar-refractivity contribution in [3.8, 4) is 0 Å². The number of guanidine groups is 1. The van der Waals surface area contributed by atoms with E-state index in [0.29, 0.717) is 6.04 Å². The van der Waals surface area contributed by atoms with Crippen LogP contribution in [-0.2, 0) is 6.54 Å². The molecule has 0 amide bonds. The molecule has 5 nitrogen and oxygen atoms in total. The maximum absolute atomic E-state index is 4.82. The second-order valence-corrected chi connectivity index (χ2v) is 6.75. The average molecular weight is 319 g/mol. The highest BCUT2D eigenvalue weighted by atomic mass is 15.2. The Labute approximate surface area is 141 Å². The third-order valence-corrected chi connectivity index (χ3v) is 4.23. The molecule has 1 atom stereocenters. The molecule has 2 rings (SSSR count). The third kappa shape index (κ3) is 6.26. The van der Waals surface area contributed by atoms with Gasteiger partial charge < -0.3 is 15.2 Å². The number of aliphatic imine (C=N–C) groups is 1. The van der Waals surface area contributed by atoms with Gasteiger partial charge in [-0.05, 0) is 44.4 Å². The van der Waals surface area contributed by atoms with Crippen LogP contribution in [0.25, 0.3) is 0 Å². The number of nitrogens with one attached hydrogen (secondary N) is 2. The molecule has 0 radical (unpaired) electrons. The van der Waals surface area contributed by atoms with Crippen LogP contribution in [-0.4, -0.2) is 54.2 Å². The van der Waals surface area contributed by atoms with Crippen LogP contribution >= 0.6 is 0 Å². The SMILES string of the molecule is CCNC(=NC[C@H]1CCCN1CC(C)C)NCCn1cccc1. The van der Waals surface area contributed by atoms with Gasteiger partial charge >= 0.3 is 0 Å². The van der Waals surface area contributed by atoms with E-state index in [9.17, 15) is 0 Å². The van der Waals surface area contributed by atoms with Gasteiger partial charge in [-0.2, -0.15) is 0 Å². The Morgan fingerprint density at radius 2 is 2.04 bits per heavy atom. The molecule has 1 aromatic heterocycles. The molecule has 0 unspecified atom stereocenters. The molecule has 0 spiro atoms. The summed E-state index contributed by atoms with van der Waals surface area (Å²) in [7, 11) is 0. The van der Waals surface area contributed by atoms with Crippen molar-refractivity contribution < 1.29 is 0 Å². The summed E-state index contributed by atoms with van der Waals surface area (Å²) in [4.78, 5) is 7.42. The number of hydrogen-bond donors (Lipinski definition) is 2. The number of hydrogen-bond acceptors (Lipinski definition) is 2. The van der Waals surface area contributed by atoms with Crippen molar-refractivity contribution in [3.63, 3.8) is 0 Å². The van der Waals surface area contributed by atoms with Crippen molar-refractivity contribution in [2.45, 2.75) is 46.2 Å². The van der Waals surface area contributed by atoms with Gasteiger partial charge in [0, 0.05) is 44.6 Å². The first-order chi connectivity index (χ1) is 11.2. The summed E-state index contributed by atoms with van der Waals surface area (Å²) < 4.78 is 2.18. The fourth-order valence-electron chi connectivity index (χ4n) is 3.17. The molecular weight excluding hydrogens is 286 g/mol. The first-order valence-electron chi connectivity index (χ1n) is 9.06. The maximum Gasteiger partial charge on any atom is 0.191 e. The Hall–Kier alpha value is -1.49. The van der Waals surface area contributed by atoms with E-state index in [4.69, 9.17) is 4.99 Å². The minimum absolute atomic E-state index is 0.609. The van der Waals surface area contributed by atoms with Gasteiger partial charge in [-0.1, -0.05) is 13.8 Å². The van der Waals surface area contributed by atoms with Gasteiger partial charge in [0.1, 0.15) is 0 Å². The van der Waals surface area contributed by atoms with E-state index in [1.807, 2.05) is 0 Å². The lowest BCUT2D eigenvalue weighted by Crippen LogP contribution is -2.40. The van der Waals surface area contributed by atoms with Crippen molar-refractivity contribution in [2.24, 2.45) is 10.9 Å². The number of aromatic nitrogens is 1. The summed E-state index contributed by atoms with van der Waals surface area (Å²) in [6.45, 7) is 12.8. The standard InChI is InChI=1S/C18H33N5/c1-4-19-18(20-9-13-22-10-5-6-11-22)21-14-17-8-7-12-23(17)15-16(2)3/h5-6,10-11,16-17H,4,7-9,12-15H2,1-3H3,(H2,19,20,21)/t17-/m1/s1. The first-order valence-corrected chi connectivity index (χ1v) is 9.06. The lowest BCUT2D eigenvalue weighted by molar-refractivity contribution is 0.231. The number of likely N-dealkylation sites (tertiary alicyclic amines) is 1. The van der Waals surface area contributed by atoms with Crippen molar-refractivity contribution >= 4 is 5.96 Å². The summed E-state index contributed by atoms with van der Waals surface area (Å²) in [6.07, 6.45) is 6.77. The van der Waals surface area contributed by atoms with E-state index in [0.717, 1.165) is 38.1 Å². The summed E-state index contributed by atoms with van der Waals surface area (Å²) in [6, 6.07) is 4.73. The van der Waals surface area contributed by atoms with Gasteiger partial charge in [-0.25, -0.2) is 0 Å². The van der Waals surface area contributed by atoms with Crippen molar-refractivity contribution in [3.05, 3.63) is 24.5 Å². The lowest BCUT2D eigenvalue weighted by Gasteiger charge is -2.25. The predicted molar refractivity (Wildman–Crippen MR) is 97.8 cm³/mol. The van der Waals surface area contributed by atoms with Gasteiger partial charge in [0.15, 0.2) is 5.96 Å². The van der Waals surface area contributed by atoms with E-state index >= 15 is 0 Å². The van der Waals surface area contributed by atoms with Gasteiger partial charge in [0.25, 0.3) is 0 Å². The van der Waals surface area contributed by atoms with E-state index < -0.39 is 0 Å². The summed E-state index contributed by atoms with van der Waals surface area (Å²) in [5, 5.41) is 6.79. The Morgan fingerprint density at radius 3 is 2.74 bits per heavy atom. The molecule has 0 saturated carbocycles. The van der Waals surface area contributed by atoms with Crippen LogP contribution in [0.3, 0.4) is 0 Å². The van der Waals surface area contributed by atoms with Gasteiger partial charge in [-0.15, -0.1) is 0 Å². The Kier molecular flexibility index (Phi) is 7.46. The van der Waals surface area contributed by atoms with Crippen LogP contribution in [0.2, 0.25) is 0 Å². The zero-order chi connectivity index (χ0) is 16.5. The van der Waals surface area contributed by atoms with E-state index in [2.05, 4.69) is 65.4 Å². The summed E-state index contributed by atoms with van der Waals surface area (Å²) in [5.74, 6) is 1.67. The number of nitrogens with zero attached hydrogens (tertiary/aromatic N) is 3. The van der Waals surface area contributed by atoms with Crippen LogP contribution in [0.4, 0.5) is 0 Å². The molecule has 130 valence electrons. The molecule has 1 aliphatic rings. The van der Waals surface area contributed by atoms with E-state index in [1.165, 1.54) is 25.9 Å². The van der Waals surface area contributed by atoms with Gasteiger partial charge in [0.2, 0.25) is 0 Å². The molecule has 1 aromatic rings. The third-order valence-electron chi connectivity index (χ3n) is 4.23. The predicted octanol–water partition coefficient (Wildman–Crippen LogP) is 2.16. The molecule has 1 fully saturated rings. The fourth-order valence-corrected chi connectivity index (χ4v) is 3.17. The van der Waals surface area contributed by atoms with Crippen LogP contribution in [0, 0.1) is 5.92 Å². The van der Waals surface area contributed by atoms with Crippen LogP contribution in [0.1, 0.15) is 33.6 Å². The monoisotopic (exact) mass is 319 g/mol. The Balaban J connectivity index is 1.80. The molecule has 2 N–H and O–H groups in total. The minimum atomic E-state index is 0.609. The van der Waals surface area contributed by atoms with Crippen molar-refractivity contribution in [2.75, 3.05) is 32.7 Å². The Bertz CT molecular complexity index is 452. The smallest absolute Gasteiger partial charge is 0.191 e. The molecule has 0 aliphatic carbocycles. The highest BCUT2D eigenvalue weighted by molar-refractivity contribution is 5.79. The van der Waals surface area contributed by atoms with Crippen molar-refractivity contribution in [1.82, 2.24) is 20.1 Å². The lowest BCUT2D eigenvalue weighted by atomic mass is 10.2. The number of rotatable bonds is 8. The second-order valence-electron chi connectivity index (χ2n) is 6.75. The van der Waals surface area contributed by atoms with E-state index in [1.54, 1.807) is 0 Å². The fraction of sp³-hybridized carbons (Fsp3) is 0.722. The average Bonchev–Trinajstić information content (AvgIpc) is 3.16. The molecule has 5 heteroatoms. The van der Waals surface area contributed by atoms with Gasteiger partial charge in [0.05, 0.1) is 6.54 Å².